The fourth-order valence-corrected chi connectivity index (χ4v) is 4.51. The van der Waals surface area contributed by atoms with E-state index in [0.717, 1.165) is 28.0 Å². The van der Waals surface area contributed by atoms with Gasteiger partial charge in [0.1, 0.15) is 11.8 Å². The number of rotatable bonds is 12. The van der Waals surface area contributed by atoms with Gasteiger partial charge < -0.3 is 24.4 Å². The smallest absolute Gasteiger partial charge is 0.247 e. The summed E-state index contributed by atoms with van der Waals surface area (Å²) in [6.45, 7) is 0.581. The van der Waals surface area contributed by atoms with E-state index in [1.807, 2.05) is 91.0 Å². The molecule has 0 radical (unpaired) electrons. The Hall–Kier alpha value is -4.78. The Balaban J connectivity index is 1.65. The van der Waals surface area contributed by atoms with Crippen LogP contribution in [0.5, 0.6) is 17.2 Å². The molecule has 1 unspecified atom stereocenters. The fraction of sp³-hybridized carbons (Fsp3) is 0.212. The maximum atomic E-state index is 14.0. The highest BCUT2D eigenvalue weighted by molar-refractivity contribution is 5.89. The van der Waals surface area contributed by atoms with Gasteiger partial charge in [0.15, 0.2) is 11.5 Å². The van der Waals surface area contributed by atoms with E-state index in [9.17, 15) is 9.59 Å². The van der Waals surface area contributed by atoms with Gasteiger partial charge in [0.05, 0.1) is 27.8 Å². The monoisotopic (exact) mass is 538 g/mol. The number of amides is 2. The predicted molar refractivity (Wildman–Crippen MR) is 154 cm³/mol. The van der Waals surface area contributed by atoms with Crippen LogP contribution >= 0.6 is 0 Å². The second kappa shape index (κ2) is 13.8. The van der Waals surface area contributed by atoms with E-state index in [0.29, 0.717) is 18.0 Å². The van der Waals surface area contributed by atoms with E-state index in [4.69, 9.17) is 14.2 Å². The Morgan fingerprint density at radius 3 is 1.95 bits per heavy atom. The molecule has 0 aliphatic rings. The van der Waals surface area contributed by atoms with E-state index in [1.54, 1.807) is 38.4 Å². The predicted octanol–water partition coefficient (Wildman–Crippen LogP) is 5.34. The van der Waals surface area contributed by atoms with Crippen molar-refractivity contribution in [3.63, 3.8) is 0 Å². The summed E-state index contributed by atoms with van der Waals surface area (Å²) in [7, 11) is 4.74. The van der Waals surface area contributed by atoms with Gasteiger partial charge in [-0.1, -0.05) is 78.9 Å². The molecule has 0 aliphatic heterocycles. The van der Waals surface area contributed by atoms with E-state index in [2.05, 4.69) is 5.32 Å². The largest absolute Gasteiger partial charge is 0.497 e. The van der Waals surface area contributed by atoms with Crippen LogP contribution in [0.2, 0.25) is 0 Å². The topological polar surface area (TPSA) is 77.1 Å². The van der Waals surface area contributed by atoms with Gasteiger partial charge in [-0.05, 0) is 46.5 Å². The molecule has 206 valence electrons. The molecular weight excluding hydrogens is 504 g/mol. The van der Waals surface area contributed by atoms with Crippen molar-refractivity contribution in [2.75, 3.05) is 21.3 Å². The number of benzene rings is 4. The van der Waals surface area contributed by atoms with Gasteiger partial charge in [0, 0.05) is 13.1 Å². The van der Waals surface area contributed by atoms with Crippen LogP contribution in [0.15, 0.2) is 103 Å². The molecule has 0 aliphatic carbocycles. The average molecular weight is 539 g/mol. The summed E-state index contributed by atoms with van der Waals surface area (Å²) in [5.74, 6) is 1.41. The summed E-state index contributed by atoms with van der Waals surface area (Å²) in [5, 5.41) is 3.04. The molecule has 7 nitrogen and oxygen atoms in total. The quantitative estimate of drug-likeness (QED) is 0.264. The molecule has 0 aromatic heterocycles. The molecule has 2 amide bonds. The first kappa shape index (κ1) is 28.2. The van der Waals surface area contributed by atoms with Crippen molar-refractivity contribution < 1.29 is 23.8 Å². The number of carbonyl (C=O) groups excluding carboxylic acids is 2. The molecule has 0 heterocycles. The Bertz CT molecular complexity index is 1390. The van der Waals surface area contributed by atoms with Gasteiger partial charge in [0.25, 0.3) is 0 Å². The van der Waals surface area contributed by atoms with Crippen molar-refractivity contribution >= 4 is 11.8 Å². The van der Waals surface area contributed by atoms with E-state index in [-0.39, 0.29) is 24.8 Å². The number of nitrogens with one attached hydrogen (secondary N) is 1. The molecule has 7 heteroatoms. The van der Waals surface area contributed by atoms with Gasteiger partial charge >= 0.3 is 0 Å². The summed E-state index contributed by atoms with van der Waals surface area (Å²) in [6.07, 6.45) is 0.0856. The third-order valence-electron chi connectivity index (χ3n) is 6.62. The number of ether oxygens (including phenoxy) is 3. The van der Waals surface area contributed by atoms with E-state index >= 15 is 0 Å². The van der Waals surface area contributed by atoms with E-state index < -0.39 is 6.04 Å². The number of hydrogen-bond acceptors (Lipinski definition) is 5. The maximum Gasteiger partial charge on any atom is 0.247 e. The van der Waals surface area contributed by atoms with Crippen molar-refractivity contribution in [3.8, 4) is 17.2 Å². The fourth-order valence-electron chi connectivity index (χ4n) is 4.51. The Morgan fingerprint density at radius 1 is 0.700 bits per heavy atom. The van der Waals surface area contributed by atoms with Crippen LogP contribution in [0.3, 0.4) is 0 Å². The highest BCUT2D eigenvalue weighted by atomic mass is 16.5. The van der Waals surface area contributed by atoms with Gasteiger partial charge in [-0.15, -0.1) is 0 Å². The second-order valence-corrected chi connectivity index (χ2v) is 9.25. The number of nitrogens with zero attached hydrogens (tertiary/aromatic N) is 1. The van der Waals surface area contributed by atoms with E-state index in [1.165, 1.54) is 0 Å². The third-order valence-corrected chi connectivity index (χ3v) is 6.62. The molecular formula is C33H34N2O5. The number of methoxy groups -OCH3 is 3. The minimum absolute atomic E-state index is 0.0856. The molecule has 1 atom stereocenters. The summed E-state index contributed by atoms with van der Waals surface area (Å²) in [6, 6.07) is 31.1. The molecule has 0 bridgehead atoms. The van der Waals surface area contributed by atoms with Gasteiger partial charge in [-0.3, -0.25) is 9.59 Å². The standard InChI is InChI=1S/C33H34N2O5/c1-38-28-17-14-24(15-18-28)22-34-33(37)32(27-12-8-5-9-13-27)35(23-25-10-6-4-7-11-25)31(36)21-26-16-19-29(39-2)30(20-26)40-3/h4-20,32H,21-23H2,1-3H3,(H,34,37). The molecule has 40 heavy (non-hydrogen) atoms. The lowest BCUT2D eigenvalue weighted by Crippen LogP contribution is -2.43. The lowest BCUT2D eigenvalue weighted by Gasteiger charge is -2.32. The molecule has 4 aromatic carbocycles. The van der Waals surface area contributed by atoms with Crippen LogP contribution in [0.4, 0.5) is 0 Å². The zero-order valence-electron chi connectivity index (χ0n) is 23.0. The molecule has 0 saturated heterocycles. The van der Waals surface area contributed by atoms with Crippen molar-refractivity contribution in [1.82, 2.24) is 10.2 Å². The highest BCUT2D eigenvalue weighted by Crippen LogP contribution is 2.29. The molecule has 4 rings (SSSR count). The lowest BCUT2D eigenvalue weighted by molar-refractivity contribution is -0.141. The normalized spacial score (nSPS) is 11.3. The van der Waals surface area contributed by atoms with Crippen LogP contribution in [0.1, 0.15) is 28.3 Å². The van der Waals surface area contributed by atoms with Crippen LogP contribution in [0, 0.1) is 0 Å². The first-order valence-electron chi connectivity index (χ1n) is 13.0. The summed E-state index contributed by atoms with van der Waals surface area (Å²) < 4.78 is 16.0. The van der Waals surface area contributed by atoms with Crippen molar-refractivity contribution in [2.24, 2.45) is 0 Å². The van der Waals surface area contributed by atoms with Crippen LogP contribution in [-0.4, -0.2) is 38.0 Å². The zero-order valence-corrected chi connectivity index (χ0v) is 23.0. The number of hydrogen-bond donors (Lipinski definition) is 1. The molecule has 0 fully saturated rings. The van der Waals surface area contributed by atoms with Gasteiger partial charge in [-0.25, -0.2) is 0 Å². The second-order valence-electron chi connectivity index (χ2n) is 9.25. The lowest BCUT2D eigenvalue weighted by atomic mass is 10.0. The molecule has 0 spiro atoms. The maximum absolute atomic E-state index is 14.0. The first-order valence-corrected chi connectivity index (χ1v) is 13.0. The van der Waals surface area contributed by atoms with Gasteiger partial charge in [-0.2, -0.15) is 0 Å². The summed E-state index contributed by atoms with van der Waals surface area (Å²) in [4.78, 5) is 29.5. The average Bonchev–Trinajstić information content (AvgIpc) is 3.00. The van der Waals surface area contributed by atoms with Crippen LogP contribution in [0.25, 0.3) is 0 Å². The van der Waals surface area contributed by atoms with Crippen LogP contribution < -0.4 is 19.5 Å². The molecule has 4 aromatic rings. The SMILES string of the molecule is COc1ccc(CNC(=O)C(c2ccccc2)N(Cc2ccccc2)C(=O)Cc2ccc(OC)c(OC)c2)cc1. The third kappa shape index (κ3) is 7.20. The van der Waals surface area contributed by atoms with Crippen molar-refractivity contribution in [3.05, 3.63) is 125 Å². The zero-order chi connectivity index (χ0) is 28.3. The van der Waals surface area contributed by atoms with Crippen molar-refractivity contribution in [2.45, 2.75) is 25.6 Å². The van der Waals surface area contributed by atoms with Crippen molar-refractivity contribution in [1.29, 1.82) is 0 Å². The first-order chi connectivity index (χ1) is 19.5. The molecule has 1 N–H and O–H groups in total. The highest BCUT2D eigenvalue weighted by Gasteiger charge is 2.31. The van der Waals surface area contributed by atoms with Gasteiger partial charge in [0.2, 0.25) is 11.8 Å². The molecule has 0 saturated carbocycles. The Labute approximate surface area is 235 Å². The minimum atomic E-state index is -0.840. The minimum Gasteiger partial charge on any atom is -0.497 e. The summed E-state index contributed by atoms with van der Waals surface area (Å²) >= 11 is 0. The summed E-state index contributed by atoms with van der Waals surface area (Å²) in [5.41, 5.74) is 3.33. The Kier molecular flexibility index (Phi) is 9.77. The Morgan fingerprint density at radius 2 is 1.32 bits per heavy atom. The number of carbonyl (C=O) groups is 2. The van der Waals surface area contributed by atoms with Crippen LogP contribution in [-0.2, 0) is 29.1 Å².